The molecule has 0 amide bonds. The van der Waals surface area contributed by atoms with Gasteiger partial charge in [0.05, 0.1) is 0 Å². The summed E-state index contributed by atoms with van der Waals surface area (Å²) in [6, 6.07) is 1.60. The summed E-state index contributed by atoms with van der Waals surface area (Å²) in [5, 5.41) is 3.89. The highest BCUT2D eigenvalue weighted by Crippen LogP contribution is 2.27. The van der Waals surface area contributed by atoms with Crippen LogP contribution in [0.5, 0.6) is 0 Å². The van der Waals surface area contributed by atoms with Crippen LogP contribution in [0, 0.1) is 5.92 Å². The van der Waals surface area contributed by atoms with E-state index in [-0.39, 0.29) is 0 Å². The number of rotatable bonds is 2. The van der Waals surface area contributed by atoms with E-state index in [4.69, 9.17) is 0 Å². The first-order chi connectivity index (χ1) is 7.95. The molecule has 0 aromatic carbocycles. The van der Waals surface area contributed by atoms with Crippen LogP contribution in [0.4, 0.5) is 0 Å². The molecule has 2 atom stereocenters. The molecule has 0 radical (unpaired) electrons. The third-order valence-corrected chi connectivity index (χ3v) is 4.61. The minimum Gasteiger partial charge on any atom is -0.311 e. The summed E-state index contributed by atoms with van der Waals surface area (Å²) in [6.07, 6.45) is 6.91. The number of nitrogens with zero attached hydrogens (tertiary/aromatic N) is 1. The molecular formula is C15H30N2. The number of hydrogen-bond donors (Lipinski definition) is 1. The van der Waals surface area contributed by atoms with Gasteiger partial charge >= 0.3 is 0 Å². The highest BCUT2D eigenvalue weighted by molar-refractivity contribution is 4.87. The fraction of sp³-hybridized carbons (Fsp3) is 1.00. The molecule has 1 heterocycles. The Kier molecular flexibility index (Phi) is 4.14. The smallest absolute Gasteiger partial charge is 0.0125 e. The number of nitrogens with one attached hydrogen (secondary N) is 1. The molecule has 2 rings (SSSR count). The van der Waals surface area contributed by atoms with Gasteiger partial charge in [0.1, 0.15) is 0 Å². The van der Waals surface area contributed by atoms with Crippen LogP contribution in [-0.2, 0) is 0 Å². The SMILES string of the molecule is CC1CCC(NC2CCN(C(C)(C)C)CC2)C1. The Morgan fingerprint density at radius 3 is 2.06 bits per heavy atom. The average molecular weight is 238 g/mol. The predicted octanol–water partition coefficient (Wildman–Crippen LogP) is 3.03. The monoisotopic (exact) mass is 238 g/mol. The van der Waals surface area contributed by atoms with Crippen molar-refractivity contribution < 1.29 is 0 Å². The fourth-order valence-electron chi connectivity index (χ4n) is 3.41. The molecule has 2 nitrogen and oxygen atoms in total. The molecule has 1 saturated heterocycles. The summed E-state index contributed by atoms with van der Waals surface area (Å²) in [7, 11) is 0. The normalized spacial score (nSPS) is 33.2. The molecule has 100 valence electrons. The molecular weight excluding hydrogens is 208 g/mol. The Hall–Kier alpha value is -0.0800. The van der Waals surface area contributed by atoms with Crippen LogP contribution in [0.3, 0.4) is 0 Å². The van der Waals surface area contributed by atoms with E-state index < -0.39 is 0 Å². The molecule has 2 unspecified atom stereocenters. The Labute approximate surface area is 107 Å². The number of piperidine rings is 1. The molecule has 1 aliphatic carbocycles. The van der Waals surface area contributed by atoms with E-state index >= 15 is 0 Å². The maximum absolute atomic E-state index is 3.89. The summed E-state index contributed by atoms with van der Waals surface area (Å²) >= 11 is 0. The van der Waals surface area contributed by atoms with E-state index in [1.165, 1.54) is 45.2 Å². The lowest BCUT2D eigenvalue weighted by atomic mass is 9.97. The third kappa shape index (κ3) is 3.69. The lowest BCUT2D eigenvalue weighted by Gasteiger charge is -2.41. The molecule has 1 N–H and O–H groups in total. The second-order valence-corrected chi connectivity index (χ2v) is 7.21. The van der Waals surface area contributed by atoms with E-state index in [1.807, 2.05) is 0 Å². The molecule has 0 aromatic rings. The molecule has 1 saturated carbocycles. The maximum Gasteiger partial charge on any atom is 0.0125 e. The molecule has 17 heavy (non-hydrogen) atoms. The zero-order valence-electron chi connectivity index (χ0n) is 12.1. The highest BCUT2D eigenvalue weighted by Gasteiger charge is 2.29. The van der Waals surface area contributed by atoms with Gasteiger partial charge in [-0.1, -0.05) is 6.92 Å². The first-order valence-corrected chi connectivity index (χ1v) is 7.46. The van der Waals surface area contributed by atoms with Crippen molar-refractivity contribution in [2.75, 3.05) is 13.1 Å². The summed E-state index contributed by atoms with van der Waals surface area (Å²) in [6.45, 7) is 11.9. The molecule has 0 bridgehead atoms. The van der Waals surface area contributed by atoms with Gasteiger partial charge in [-0.2, -0.15) is 0 Å². The largest absolute Gasteiger partial charge is 0.311 e. The van der Waals surface area contributed by atoms with Gasteiger partial charge in [-0.05, 0) is 58.8 Å². The first kappa shape index (κ1) is 13.4. The third-order valence-electron chi connectivity index (χ3n) is 4.61. The Morgan fingerprint density at radius 2 is 1.59 bits per heavy atom. The van der Waals surface area contributed by atoms with Crippen molar-refractivity contribution in [3.63, 3.8) is 0 Å². The van der Waals surface area contributed by atoms with Crippen molar-refractivity contribution >= 4 is 0 Å². The Balaban J connectivity index is 1.72. The van der Waals surface area contributed by atoms with Crippen LogP contribution < -0.4 is 5.32 Å². The second kappa shape index (κ2) is 5.27. The van der Waals surface area contributed by atoms with E-state index in [0.29, 0.717) is 5.54 Å². The quantitative estimate of drug-likeness (QED) is 0.795. The van der Waals surface area contributed by atoms with E-state index in [1.54, 1.807) is 0 Å². The zero-order chi connectivity index (χ0) is 12.5. The first-order valence-electron chi connectivity index (χ1n) is 7.46. The van der Waals surface area contributed by atoms with Gasteiger partial charge in [-0.25, -0.2) is 0 Å². The van der Waals surface area contributed by atoms with E-state index in [0.717, 1.165) is 18.0 Å². The summed E-state index contributed by atoms with van der Waals surface area (Å²) < 4.78 is 0. The summed E-state index contributed by atoms with van der Waals surface area (Å²) in [5.74, 6) is 0.946. The maximum atomic E-state index is 3.89. The van der Waals surface area contributed by atoms with Crippen LogP contribution in [0.1, 0.15) is 59.8 Å². The highest BCUT2D eigenvalue weighted by atomic mass is 15.2. The second-order valence-electron chi connectivity index (χ2n) is 7.21. The molecule has 0 aromatic heterocycles. The van der Waals surface area contributed by atoms with Crippen molar-refractivity contribution in [3.05, 3.63) is 0 Å². The average Bonchev–Trinajstić information content (AvgIpc) is 2.63. The van der Waals surface area contributed by atoms with Gasteiger partial charge in [-0.15, -0.1) is 0 Å². The molecule has 0 spiro atoms. The van der Waals surface area contributed by atoms with Crippen LogP contribution in [0.15, 0.2) is 0 Å². The number of hydrogen-bond acceptors (Lipinski definition) is 2. The summed E-state index contributed by atoms with van der Waals surface area (Å²) in [4.78, 5) is 2.63. The Bertz CT molecular complexity index is 236. The van der Waals surface area contributed by atoms with Crippen molar-refractivity contribution in [2.45, 2.75) is 77.4 Å². The molecule has 2 heteroatoms. The van der Waals surface area contributed by atoms with Gasteiger partial charge < -0.3 is 5.32 Å². The lowest BCUT2D eigenvalue weighted by molar-refractivity contribution is 0.0938. The predicted molar refractivity (Wildman–Crippen MR) is 74.3 cm³/mol. The molecule has 1 aliphatic heterocycles. The van der Waals surface area contributed by atoms with Crippen LogP contribution in [0.25, 0.3) is 0 Å². The van der Waals surface area contributed by atoms with Crippen molar-refractivity contribution in [3.8, 4) is 0 Å². The van der Waals surface area contributed by atoms with E-state index in [9.17, 15) is 0 Å². The van der Waals surface area contributed by atoms with Crippen LogP contribution in [0.2, 0.25) is 0 Å². The topological polar surface area (TPSA) is 15.3 Å². The minimum absolute atomic E-state index is 0.354. The minimum atomic E-state index is 0.354. The van der Waals surface area contributed by atoms with Gasteiger partial charge in [0, 0.05) is 30.7 Å². The van der Waals surface area contributed by atoms with Gasteiger partial charge in [0.2, 0.25) is 0 Å². The standard InChI is InChI=1S/C15H30N2/c1-12-5-6-14(11-12)16-13-7-9-17(10-8-13)15(2,3)4/h12-14,16H,5-11H2,1-4H3. The van der Waals surface area contributed by atoms with Crippen LogP contribution >= 0.6 is 0 Å². The van der Waals surface area contributed by atoms with Gasteiger partial charge in [0.15, 0.2) is 0 Å². The van der Waals surface area contributed by atoms with E-state index in [2.05, 4.69) is 37.9 Å². The molecule has 2 fully saturated rings. The fourth-order valence-corrected chi connectivity index (χ4v) is 3.41. The summed E-state index contributed by atoms with van der Waals surface area (Å²) in [5.41, 5.74) is 0.354. The van der Waals surface area contributed by atoms with Crippen molar-refractivity contribution in [2.24, 2.45) is 5.92 Å². The number of likely N-dealkylation sites (tertiary alicyclic amines) is 1. The van der Waals surface area contributed by atoms with Crippen LogP contribution in [-0.4, -0.2) is 35.6 Å². The van der Waals surface area contributed by atoms with Gasteiger partial charge in [-0.3, -0.25) is 4.90 Å². The van der Waals surface area contributed by atoms with Crippen molar-refractivity contribution in [1.29, 1.82) is 0 Å². The van der Waals surface area contributed by atoms with Crippen molar-refractivity contribution in [1.82, 2.24) is 10.2 Å². The zero-order valence-corrected chi connectivity index (χ0v) is 12.1. The lowest BCUT2D eigenvalue weighted by Crippen LogP contribution is -2.51. The Morgan fingerprint density at radius 1 is 0.941 bits per heavy atom. The molecule has 2 aliphatic rings. The van der Waals surface area contributed by atoms with Gasteiger partial charge in [0.25, 0.3) is 0 Å².